The molecule has 29 heavy (non-hydrogen) atoms. The molecule has 2 aromatic rings. The zero-order valence-corrected chi connectivity index (χ0v) is 17.5. The summed E-state index contributed by atoms with van der Waals surface area (Å²) < 4.78 is 2.01. The number of hydrogen-bond donors (Lipinski definition) is 0. The number of fused-ring (bicyclic) bond motifs is 1. The second kappa shape index (κ2) is 7.83. The molecule has 4 rings (SSSR count). The average Bonchev–Trinajstić information content (AvgIpc) is 3.09. The van der Waals surface area contributed by atoms with Gasteiger partial charge in [-0.3, -0.25) is 14.6 Å². The molecule has 1 atom stereocenters. The molecule has 0 N–H and O–H groups in total. The lowest BCUT2D eigenvalue weighted by Crippen LogP contribution is -2.61. The van der Waals surface area contributed by atoms with Crippen LogP contribution < -0.4 is 0 Å². The molecular formula is C22H23N4O2S+. The maximum atomic E-state index is 13.0. The number of carbonyl (C=O) groups excluding carboxylic acids is 2. The van der Waals surface area contributed by atoms with Gasteiger partial charge in [-0.05, 0) is 34.8 Å². The zero-order chi connectivity index (χ0) is 20.5. The Hall–Kier alpha value is -2.93. The van der Waals surface area contributed by atoms with Crippen LogP contribution in [0.3, 0.4) is 0 Å². The molecule has 6 nitrogen and oxygen atoms in total. The summed E-state index contributed by atoms with van der Waals surface area (Å²) in [5.41, 5.74) is 3.50. The topological polar surface area (TPSA) is 56.0 Å². The van der Waals surface area contributed by atoms with E-state index in [1.807, 2.05) is 34.9 Å². The first kappa shape index (κ1) is 19.4. The van der Waals surface area contributed by atoms with Gasteiger partial charge in [0.25, 0.3) is 17.8 Å². The third-order valence-corrected chi connectivity index (χ3v) is 6.24. The number of likely N-dealkylation sites (N-methyl/N-ethyl adjacent to an activating group) is 2. The molecule has 0 spiro atoms. The third kappa shape index (κ3) is 3.70. The lowest BCUT2D eigenvalue weighted by Gasteiger charge is -2.30. The van der Waals surface area contributed by atoms with Crippen LogP contribution in [-0.4, -0.2) is 57.5 Å². The zero-order valence-electron chi connectivity index (χ0n) is 16.7. The van der Waals surface area contributed by atoms with Gasteiger partial charge >= 0.3 is 11.2 Å². The summed E-state index contributed by atoms with van der Waals surface area (Å²) in [5, 5.41) is 0.762. The van der Waals surface area contributed by atoms with Crippen LogP contribution >= 0.6 is 11.8 Å². The number of aryl methyl sites for hydroxylation is 1. The highest BCUT2D eigenvalue weighted by Gasteiger charge is 2.53. The van der Waals surface area contributed by atoms with Crippen molar-refractivity contribution in [3.8, 4) is 0 Å². The maximum Gasteiger partial charge on any atom is 0.358 e. The van der Waals surface area contributed by atoms with Crippen molar-refractivity contribution in [1.82, 2.24) is 9.80 Å². The number of amides is 3. The number of thioether (sulfide) groups is 1. The van der Waals surface area contributed by atoms with Gasteiger partial charge in [-0.2, -0.15) is 0 Å². The number of rotatable bonds is 4. The van der Waals surface area contributed by atoms with Crippen LogP contribution in [0.1, 0.15) is 16.7 Å². The van der Waals surface area contributed by atoms with E-state index in [2.05, 4.69) is 31.2 Å². The van der Waals surface area contributed by atoms with Gasteiger partial charge in [0.15, 0.2) is 0 Å². The van der Waals surface area contributed by atoms with Gasteiger partial charge in [0, 0.05) is 19.8 Å². The summed E-state index contributed by atoms with van der Waals surface area (Å²) in [6.07, 6.45) is 0. The largest absolute Gasteiger partial charge is 0.358 e. The standard InChI is InChI=1S/C22H23N4O2S/c1-15-9-11-17(12-10-15)14-29-21-23-19-18(20(27)25(3)22(28)24(19)2)26(21)13-16-7-5-4-6-8-16/h4-12,18H,13-14H2,1-3H3/q+1. The van der Waals surface area contributed by atoms with Gasteiger partial charge < -0.3 is 0 Å². The second-order valence-electron chi connectivity index (χ2n) is 7.28. The molecule has 7 heteroatoms. The maximum absolute atomic E-state index is 13.0. The van der Waals surface area contributed by atoms with Crippen LogP contribution in [-0.2, 0) is 17.1 Å². The molecular weight excluding hydrogens is 384 g/mol. The molecule has 0 aliphatic carbocycles. The van der Waals surface area contributed by atoms with Crippen LogP contribution in [0, 0.1) is 6.92 Å². The van der Waals surface area contributed by atoms with Crippen molar-refractivity contribution in [1.29, 1.82) is 0 Å². The van der Waals surface area contributed by atoms with E-state index in [0.29, 0.717) is 12.4 Å². The van der Waals surface area contributed by atoms with E-state index >= 15 is 0 Å². The fourth-order valence-corrected chi connectivity index (χ4v) is 4.44. The predicted molar refractivity (Wildman–Crippen MR) is 115 cm³/mol. The first-order valence-corrected chi connectivity index (χ1v) is 10.4. The van der Waals surface area contributed by atoms with Crippen LogP contribution in [0.5, 0.6) is 0 Å². The van der Waals surface area contributed by atoms with Gasteiger partial charge in [-0.1, -0.05) is 60.2 Å². The Kier molecular flexibility index (Phi) is 5.24. The molecule has 148 valence electrons. The summed E-state index contributed by atoms with van der Waals surface area (Å²) >= 11 is 1.59. The van der Waals surface area contributed by atoms with Gasteiger partial charge in [0.2, 0.25) is 0 Å². The number of carbonyl (C=O) groups is 2. The van der Waals surface area contributed by atoms with Crippen molar-refractivity contribution < 1.29 is 14.2 Å². The van der Waals surface area contributed by atoms with E-state index in [0.717, 1.165) is 16.5 Å². The van der Waals surface area contributed by atoms with Crippen LogP contribution in [0.15, 0.2) is 59.6 Å². The molecule has 2 aromatic carbocycles. The molecule has 1 fully saturated rings. The normalized spacial score (nSPS) is 19.0. The lowest BCUT2D eigenvalue weighted by atomic mass is 10.1. The number of amidine groups is 2. The molecule has 2 heterocycles. The first-order chi connectivity index (χ1) is 14.0. The van der Waals surface area contributed by atoms with E-state index < -0.39 is 6.04 Å². The number of imide groups is 1. The van der Waals surface area contributed by atoms with Crippen molar-refractivity contribution in [3.63, 3.8) is 0 Å². The fourth-order valence-electron chi connectivity index (χ4n) is 3.46. The Balaban J connectivity index is 1.67. The minimum atomic E-state index is -0.580. The van der Waals surface area contributed by atoms with E-state index in [1.54, 1.807) is 18.8 Å². The summed E-state index contributed by atoms with van der Waals surface area (Å²) in [5.74, 6) is 1.00. The monoisotopic (exact) mass is 407 g/mol. The summed E-state index contributed by atoms with van der Waals surface area (Å²) in [4.78, 5) is 32.7. The Labute approximate surface area is 174 Å². The van der Waals surface area contributed by atoms with Crippen molar-refractivity contribution in [2.75, 3.05) is 14.1 Å². The van der Waals surface area contributed by atoms with E-state index in [4.69, 9.17) is 4.99 Å². The molecule has 2 aliphatic heterocycles. The predicted octanol–water partition coefficient (Wildman–Crippen LogP) is 3.10. The van der Waals surface area contributed by atoms with Gasteiger partial charge in [-0.25, -0.2) is 9.37 Å². The van der Waals surface area contributed by atoms with E-state index in [9.17, 15) is 9.59 Å². The minimum Gasteiger partial charge on any atom is -0.269 e. The lowest BCUT2D eigenvalue weighted by molar-refractivity contribution is -0.548. The Bertz CT molecular complexity index is 1010. The first-order valence-electron chi connectivity index (χ1n) is 9.45. The van der Waals surface area contributed by atoms with Gasteiger partial charge in [-0.15, -0.1) is 0 Å². The fraction of sp³-hybridized carbons (Fsp3) is 0.273. The summed E-state index contributed by atoms with van der Waals surface area (Å²) in [6.45, 7) is 2.62. The number of benzene rings is 2. The molecule has 3 amide bonds. The highest BCUT2D eigenvalue weighted by atomic mass is 32.2. The smallest absolute Gasteiger partial charge is 0.269 e. The van der Waals surface area contributed by atoms with Crippen molar-refractivity contribution in [2.24, 2.45) is 4.99 Å². The molecule has 0 radical (unpaired) electrons. The summed E-state index contributed by atoms with van der Waals surface area (Å²) in [7, 11) is 3.20. The quantitative estimate of drug-likeness (QED) is 0.732. The second-order valence-corrected chi connectivity index (χ2v) is 8.22. The SMILES string of the molecule is Cc1ccc(CSC2=[N+](Cc3ccccc3)C3C(=O)N(C)C(=O)N(C)C3=N2)cc1. The summed E-state index contributed by atoms with van der Waals surface area (Å²) in [6, 6.07) is 17.5. The molecule has 1 saturated heterocycles. The highest BCUT2D eigenvalue weighted by molar-refractivity contribution is 8.13. The van der Waals surface area contributed by atoms with Crippen LogP contribution in [0.25, 0.3) is 0 Å². The van der Waals surface area contributed by atoms with Gasteiger partial charge in [0.1, 0.15) is 6.54 Å². The van der Waals surface area contributed by atoms with Crippen LogP contribution in [0.2, 0.25) is 0 Å². The number of nitrogens with zero attached hydrogens (tertiary/aromatic N) is 4. The van der Waals surface area contributed by atoms with Crippen molar-refractivity contribution in [2.45, 2.75) is 25.3 Å². The third-order valence-electron chi connectivity index (χ3n) is 5.18. The van der Waals surface area contributed by atoms with Gasteiger partial charge in [0.05, 0.1) is 0 Å². The number of hydrogen-bond acceptors (Lipinski definition) is 4. The molecule has 1 unspecified atom stereocenters. The number of urea groups is 1. The van der Waals surface area contributed by atoms with Crippen molar-refractivity contribution in [3.05, 3.63) is 71.3 Å². The Morgan fingerprint density at radius 1 is 0.966 bits per heavy atom. The number of aliphatic imine (C=N–C) groups is 1. The van der Waals surface area contributed by atoms with Crippen LogP contribution in [0.4, 0.5) is 4.79 Å². The molecule has 0 aromatic heterocycles. The van der Waals surface area contributed by atoms with E-state index in [1.165, 1.54) is 28.0 Å². The molecule has 2 aliphatic rings. The minimum absolute atomic E-state index is 0.242. The highest BCUT2D eigenvalue weighted by Crippen LogP contribution is 2.26. The molecule has 0 bridgehead atoms. The average molecular weight is 408 g/mol. The van der Waals surface area contributed by atoms with E-state index in [-0.39, 0.29) is 11.9 Å². The molecule has 0 saturated carbocycles. The Morgan fingerprint density at radius 3 is 2.34 bits per heavy atom. The Morgan fingerprint density at radius 2 is 1.66 bits per heavy atom. The van der Waals surface area contributed by atoms with Crippen molar-refractivity contribution >= 4 is 34.7 Å².